The van der Waals surface area contributed by atoms with Crippen molar-refractivity contribution in [1.82, 2.24) is 24.6 Å². The van der Waals surface area contributed by atoms with Crippen molar-refractivity contribution >= 4 is 5.95 Å². The summed E-state index contributed by atoms with van der Waals surface area (Å²) in [6.45, 7) is 6.27. The van der Waals surface area contributed by atoms with Crippen LogP contribution in [-0.4, -0.2) is 57.9 Å². The van der Waals surface area contributed by atoms with Crippen LogP contribution in [-0.2, 0) is 18.3 Å². The molecule has 3 heterocycles. The summed E-state index contributed by atoms with van der Waals surface area (Å²) in [4.78, 5) is 8.82. The highest BCUT2D eigenvalue weighted by atomic mass is 16.5. The van der Waals surface area contributed by atoms with Crippen LogP contribution in [0.4, 0.5) is 5.95 Å². The number of hydrogen-bond acceptors (Lipinski definition) is 7. The van der Waals surface area contributed by atoms with Gasteiger partial charge in [0.15, 0.2) is 0 Å². The first kappa shape index (κ1) is 15.9. The third-order valence-corrected chi connectivity index (χ3v) is 4.00. The summed E-state index contributed by atoms with van der Waals surface area (Å²) >= 11 is 0. The number of aromatic nitrogens is 4. The Labute approximate surface area is 136 Å². The average Bonchev–Trinajstić information content (AvgIpc) is 3.06. The van der Waals surface area contributed by atoms with E-state index in [2.05, 4.69) is 31.6 Å². The zero-order chi connectivity index (χ0) is 16.6. The van der Waals surface area contributed by atoms with Crippen molar-refractivity contribution in [2.75, 3.05) is 32.1 Å². The van der Waals surface area contributed by atoms with Crippen LogP contribution in [0.2, 0.25) is 0 Å². The van der Waals surface area contributed by atoms with Gasteiger partial charge in [0.2, 0.25) is 17.7 Å². The van der Waals surface area contributed by atoms with Gasteiger partial charge in [0.25, 0.3) is 0 Å². The Morgan fingerprint density at radius 2 is 2.09 bits per heavy atom. The van der Waals surface area contributed by atoms with Crippen LogP contribution in [0.3, 0.4) is 0 Å². The van der Waals surface area contributed by atoms with Crippen molar-refractivity contribution in [2.45, 2.75) is 32.6 Å². The highest BCUT2D eigenvalue weighted by Gasteiger charge is 2.30. The Hall–Kier alpha value is -1.93. The quantitative estimate of drug-likeness (QED) is 0.836. The number of hydrogen-bond donors (Lipinski definition) is 0. The molecule has 2 atom stereocenters. The molecule has 0 saturated carbocycles. The molecule has 0 bridgehead atoms. The molecule has 0 aromatic carbocycles. The fourth-order valence-corrected chi connectivity index (χ4v) is 2.97. The number of anilines is 1. The molecule has 23 heavy (non-hydrogen) atoms. The molecule has 0 amide bonds. The Morgan fingerprint density at radius 1 is 1.30 bits per heavy atom. The van der Waals surface area contributed by atoms with Crippen molar-refractivity contribution < 1.29 is 9.15 Å². The maximum atomic E-state index is 5.96. The zero-order valence-corrected chi connectivity index (χ0v) is 14.4. The molecule has 1 aliphatic heterocycles. The highest BCUT2D eigenvalue weighted by Crippen LogP contribution is 2.25. The van der Waals surface area contributed by atoms with Crippen molar-refractivity contribution in [2.24, 2.45) is 7.05 Å². The van der Waals surface area contributed by atoms with Gasteiger partial charge in [0.1, 0.15) is 6.10 Å². The Morgan fingerprint density at radius 3 is 2.70 bits per heavy atom. The number of rotatable bonds is 4. The van der Waals surface area contributed by atoms with Crippen molar-refractivity contribution in [3.05, 3.63) is 23.7 Å². The number of aryl methyl sites for hydroxylation is 1. The summed E-state index contributed by atoms with van der Waals surface area (Å²) in [6, 6.07) is 0. The molecule has 2 aromatic heterocycles. The van der Waals surface area contributed by atoms with Crippen LogP contribution in [0.1, 0.15) is 30.5 Å². The minimum absolute atomic E-state index is 0.113. The molecule has 0 aliphatic carbocycles. The topological polar surface area (TPSA) is 72.5 Å². The average molecular weight is 320 g/mol. The molecule has 0 N–H and O–H groups in total. The normalized spacial score (nSPS) is 22.5. The van der Waals surface area contributed by atoms with Crippen LogP contribution >= 0.6 is 0 Å². The highest BCUT2D eigenvalue weighted by molar-refractivity contribution is 5.30. The third kappa shape index (κ3) is 3.37. The summed E-state index contributed by atoms with van der Waals surface area (Å²) < 4.78 is 13.6. The summed E-state index contributed by atoms with van der Waals surface area (Å²) in [7, 11) is 6.04. The van der Waals surface area contributed by atoms with Gasteiger partial charge in [0, 0.05) is 47.7 Å². The molecule has 1 saturated heterocycles. The van der Waals surface area contributed by atoms with E-state index in [-0.39, 0.29) is 12.2 Å². The summed E-state index contributed by atoms with van der Waals surface area (Å²) in [5.41, 5.74) is 1.17. The molecule has 0 radical (unpaired) electrons. The first-order valence-corrected chi connectivity index (χ1v) is 7.79. The maximum Gasteiger partial charge on any atom is 0.246 e. The van der Waals surface area contributed by atoms with Gasteiger partial charge in [-0.1, -0.05) is 0 Å². The van der Waals surface area contributed by atoms with Crippen molar-refractivity contribution in [1.29, 1.82) is 0 Å². The summed E-state index contributed by atoms with van der Waals surface area (Å²) in [6.07, 6.45) is 1.87. The minimum Gasteiger partial charge on any atom is -0.423 e. The van der Waals surface area contributed by atoms with Crippen molar-refractivity contribution in [3.63, 3.8) is 0 Å². The largest absolute Gasteiger partial charge is 0.423 e. The Bertz CT molecular complexity index is 665. The standard InChI is InChI=1S/C15H24N6O2/c1-10-7-21(8-12-6-16-15(19(3)4)20(12)5)9-13(22-10)14-18-17-11(2)23-14/h6,10,13H,7-9H2,1-5H3/t10-,13-/m1/s1. The molecule has 0 spiro atoms. The Kier molecular flexibility index (Phi) is 4.36. The monoisotopic (exact) mass is 320 g/mol. The lowest BCUT2D eigenvalue weighted by atomic mass is 10.2. The molecule has 8 nitrogen and oxygen atoms in total. The molecule has 8 heteroatoms. The van der Waals surface area contributed by atoms with Crippen LogP contribution in [0.15, 0.2) is 10.6 Å². The number of morpholine rings is 1. The van der Waals surface area contributed by atoms with E-state index in [0.29, 0.717) is 11.8 Å². The lowest BCUT2D eigenvalue weighted by Crippen LogP contribution is -2.42. The van der Waals surface area contributed by atoms with E-state index < -0.39 is 0 Å². The van der Waals surface area contributed by atoms with E-state index in [1.54, 1.807) is 6.92 Å². The van der Waals surface area contributed by atoms with E-state index in [0.717, 1.165) is 25.6 Å². The van der Waals surface area contributed by atoms with Crippen molar-refractivity contribution in [3.8, 4) is 0 Å². The smallest absolute Gasteiger partial charge is 0.246 e. The molecule has 0 unspecified atom stereocenters. The second-order valence-corrected chi connectivity index (χ2v) is 6.29. The number of nitrogens with zero attached hydrogens (tertiary/aromatic N) is 6. The van der Waals surface area contributed by atoms with Gasteiger partial charge in [-0.2, -0.15) is 0 Å². The fourth-order valence-electron chi connectivity index (χ4n) is 2.97. The third-order valence-electron chi connectivity index (χ3n) is 4.00. The number of ether oxygens (including phenoxy) is 1. The lowest BCUT2D eigenvalue weighted by molar-refractivity contribution is -0.0921. The van der Waals surface area contributed by atoms with E-state index in [4.69, 9.17) is 9.15 Å². The van der Waals surface area contributed by atoms with Gasteiger partial charge in [-0.05, 0) is 6.92 Å². The van der Waals surface area contributed by atoms with Gasteiger partial charge in [-0.3, -0.25) is 4.90 Å². The van der Waals surface area contributed by atoms with E-state index in [1.165, 1.54) is 5.69 Å². The molecule has 2 aromatic rings. The molecule has 126 valence electrons. The first-order valence-electron chi connectivity index (χ1n) is 7.79. The van der Waals surface area contributed by atoms with E-state index >= 15 is 0 Å². The SMILES string of the molecule is Cc1nnc([C@H]2CN(Cc3cnc(N(C)C)n3C)C[C@@H](C)O2)o1. The van der Waals surface area contributed by atoms with Gasteiger partial charge >= 0.3 is 0 Å². The van der Waals surface area contributed by atoms with Gasteiger partial charge in [0.05, 0.1) is 18.0 Å². The minimum atomic E-state index is -0.179. The van der Waals surface area contributed by atoms with Crippen LogP contribution in [0, 0.1) is 6.92 Å². The van der Waals surface area contributed by atoms with Gasteiger partial charge in [-0.15, -0.1) is 10.2 Å². The first-order chi connectivity index (χ1) is 10.9. The molecular formula is C15H24N6O2. The van der Waals surface area contributed by atoms with Gasteiger partial charge in [-0.25, -0.2) is 4.98 Å². The number of imidazole rings is 1. The van der Waals surface area contributed by atoms with E-state index in [9.17, 15) is 0 Å². The van der Waals surface area contributed by atoms with Crippen LogP contribution in [0.5, 0.6) is 0 Å². The molecule has 3 rings (SSSR count). The van der Waals surface area contributed by atoms with Crippen LogP contribution < -0.4 is 4.90 Å². The fraction of sp³-hybridized carbons (Fsp3) is 0.667. The molecule has 1 fully saturated rings. The summed E-state index contributed by atoms with van der Waals surface area (Å²) in [5.74, 6) is 2.07. The summed E-state index contributed by atoms with van der Waals surface area (Å²) in [5, 5.41) is 8.00. The zero-order valence-electron chi connectivity index (χ0n) is 14.4. The molecule has 1 aliphatic rings. The molecular weight excluding hydrogens is 296 g/mol. The lowest BCUT2D eigenvalue weighted by Gasteiger charge is -2.35. The maximum absolute atomic E-state index is 5.96. The second kappa shape index (κ2) is 6.29. The van der Waals surface area contributed by atoms with Crippen LogP contribution in [0.25, 0.3) is 0 Å². The predicted molar refractivity (Wildman–Crippen MR) is 85.1 cm³/mol. The predicted octanol–water partition coefficient (Wildman–Crippen LogP) is 1.14. The Balaban J connectivity index is 1.72. The second-order valence-electron chi connectivity index (χ2n) is 6.29. The van der Waals surface area contributed by atoms with E-state index in [1.807, 2.05) is 32.2 Å². The van der Waals surface area contributed by atoms with Gasteiger partial charge < -0.3 is 18.6 Å².